The van der Waals surface area contributed by atoms with E-state index in [2.05, 4.69) is 5.32 Å². The predicted octanol–water partition coefficient (Wildman–Crippen LogP) is 4.93. The van der Waals surface area contributed by atoms with E-state index in [0.717, 1.165) is 11.8 Å². The Morgan fingerprint density at radius 1 is 0.895 bits per heavy atom. The predicted molar refractivity (Wildman–Crippen MR) is 153 cm³/mol. The van der Waals surface area contributed by atoms with Crippen molar-refractivity contribution in [3.05, 3.63) is 100 Å². The van der Waals surface area contributed by atoms with Gasteiger partial charge in [-0.1, -0.05) is 77.8 Å². The third-order valence-electron chi connectivity index (χ3n) is 6.10. The molecule has 0 saturated carbocycles. The number of hydrogen-bond acceptors (Lipinski definition) is 4. The summed E-state index contributed by atoms with van der Waals surface area (Å²) in [5.41, 5.74) is 1.94. The first kappa shape index (κ1) is 29.5. The first-order valence-corrected chi connectivity index (χ1v) is 14.7. The first-order chi connectivity index (χ1) is 18.1. The molecule has 0 aliphatic carbocycles. The second-order valence-electron chi connectivity index (χ2n) is 8.82. The maximum absolute atomic E-state index is 13.7. The van der Waals surface area contributed by atoms with E-state index in [-0.39, 0.29) is 44.2 Å². The molecule has 0 aliphatic rings. The van der Waals surface area contributed by atoms with Crippen LogP contribution in [-0.2, 0) is 32.6 Å². The van der Waals surface area contributed by atoms with Gasteiger partial charge in [-0.3, -0.25) is 13.9 Å². The number of nitrogens with one attached hydrogen (secondary N) is 1. The number of anilines is 1. The SMILES string of the molecule is CNC(=O)[C@H](Cc1ccccc1)N(Cc1c(Cl)cccc1Cl)C(=O)CCCN(c1ccccc1)S(C)(=O)=O. The summed E-state index contributed by atoms with van der Waals surface area (Å²) in [6.45, 7) is 0.134. The van der Waals surface area contributed by atoms with Gasteiger partial charge in [-0.05, 0) is 36.2 Å². The fourth-order valence-electron chi connectivity index (χ4n) is 4.17. The minimum absolute atomic E-state index is 0.0171. The zero-order valence-electron chi connectivity index (χ0n) is 21.3. The van der Waals surface area contributed by atoms with Crippen molar-refractivity contribution in [1.82, 2.24) is 10.2 Å². The molecule has 0 spiro atoms. The Kier molecular flexibility index (Phi) is 10.6. The van der Waals surface area contributed by atoms with E-state index < -0.39 is 16.1 Å². The Labute approximate surface area is 234 Å². The molecule has 0 heterocycles. The Morgan fingerprint density at radius 2 is 1.47 bits per heavy atom. The van der Waals surface area contributed by atoms with Gasteiger partial charge in [0.2, 0.25) is 21.8 Å². The third-order valence-corrected chi connectivity index (χ3v) is 8.01. The fraction of sp³-hybridized carbons (Fsp3) is 0.286. The summed E-state index contributed by atoms with van der Waals surface area (Å²) in [7, 11) is -2.04. The number of halogens is 2. The lowest BCUT2D eigenvalue weighted by atomic mass is 10.0. The average molecular weight is 577 g/mol. The van der Waals surface area contributed by atoms with E-state index in [0.29, 0.717) is 21.3 Å². The summed E-state index contributed by atoms with van der Waals surface area (Å²) in [6, 6.07) is 22.4. The molecule has 1 N–H and O–H groups in total. The molecule has 1 atom stereocenters. The van der Waals surface area contributed by atoms with Crippen LogP contribution in [0.25, 0.3) is 0 Å². The normalized spacial score (nSPS) is 12.0. The van der Waals surface area contributed by atoms with Gasteiger partial charge in [0.1, 0.15) is 6.04 Å². The maximum atomic E-state index is 13.7. The molecule has 0 bridgehead atoms. The molecule has 0 unspecified atom stereocenters. The molecule has 0 aromatic heterocycles. The van der Waals surface area contributed by atoms with E-state index in [1.807, 2.05) is 30.3 Å². The second kappa shape index (κ2) is 13.6. The molecular weight excluding hydrogens is 545 g/mol. The highest BCUT2D eigenvalue weighted by Gasteiger charge is 2.31. The molecule has 202 valence electrons. The molecular formula is C28H31Cl2N3O4S. The van der Waals surface area contributed by atoms with E-state index in [9.17, 15) is 18.0 Å². The number of hydrogen-bond donors (Lipinski definition) is 1. The summed E-state index contributed by atoms with van der Waals surface area (Å²) in [5, 5.41) is 3.44. The zero-order valence-corrected chi connectivity index (χ0v) is 23.6. The number of rotatable bonds is 12. The summed E-state index contributed by atoms with van der Waals surface area (Å²) in [4.78, 5) is 28.2. The van der Waals surface area contributed by atoms with Crippen LogP contribution in [0.5, 0.6) is 0 Å². The number of para-hydroxylation sites is 1. The third kappa shape index (κ3) is 7.96. The van der Waals surface area contributed by atoms with Gasteiger partial charge in [-0.2, -0.15) is 0 Å². The first-order valence-electron chi connectivity index (χ1n) is 12.1. The van der Waals surface area contributed by atoms with Gasteiger partial charge in [0.15, 0.2) is 0 Å². The van der Waals surface area contributed by atoms with Crippen LogP contribution in [0.15, 0.2) is 78.9 Å². The van der Waals surface area contributed by atoms with Crippen LogP contribution in [0.4, 0.5) is 5.69 Å². The molecule has 38 heavy (non-hydrogen) atoms. The highest BCUT2D eigenvalue weighted by atomic mass is 35.5. The summed E-state index contributed by atoms with van der Waals surface area (Å²) in [6.07, 6.45) is 1.69. The van der Waals surface area contributed by atoms with Gasteiger partial charge in [0.05, 0.1) is 11.9 Å². The molecule has 0 saturated heterocycles. The number of amides is 2. The largest absolute Gasteiger partial charge is 0.357 e. The zero-order chi connectivity index (χ0) is 27.7. The quantitative estimate of drug-likeness (QED) is 0.332. The monoisotopic (exact) mass is 575 g/mol. The molecule has 3 aromatic carbocycles. The minimum atomic E-state index is -3.56. The van der Waals surface area contributed by atoms with Crippen molar-refractivity contribution in [2.75, 3.05) is 24.2 Å². The van der Waals surface area contributed by atoms with Crippen LogP contribution in [0.1, 0.15) is 24.0 Å². The van der Waals surface area contributed by atoms with Crippen LogP contribution in [-0.4, -0.2) is 51.0 Å². The van der Waals surface area contributed by atoms with Crippen molar-refractivity contribution in [1.29, 1.82) is 0 Å². The number of carbonyl (C=O) groups excluding carboxylic acids is 2. The van der Waals surface area contributed by atoms with E-state index in [1.165, 1.54) is 16.3 Å². The molecule has 0 fully saturated rings. The topological polar surface area (TPSA) is 86.8 Å². The summed E-state index contributed by atoms with van der Waals surface area (Å²) >= 11 is 12.8. The summed E-state index contributed by atoms with van der Waals surface area (Å²) in [5.74, 6) is -0.639. The van der Waals surface area contributed by atoms with Gasteiger partial charge in [-0.15, -0.1) is 0 Å². The van der Waals surface area contributed by atoms with Crippen molar-refractivity contribution in [3.63, 3.8) is 0 Å². The van der Waals surface area contributed by atoms with Gasteiger partial charge in [0.25, 0.3) is 0 Å². The lowest BCUT2D eigenvalue weighted by Crippen LogP contribution is -2.50. The lowest BCUT2D eigenvalue weighted by Gasteiger charge is -2.32. The lowest BCUT2D eigenvalue weighted by molar-refractivity contribution is -0.141. The van der Waals surface area contributed by atoms with Gasteiger partial charge >= 0.3 is 0 Å². The Bertz CT molecular complexity index is 1320. The molecule has 2 amide bonds. The molecule has 3 aromatic rings. The fourth-order valence-corrected chi connectivity index (χ4v) is 5.65. The Balaban J connectivity index is 1.88. The Morgan fingerprint density at radius 3 is 2.03 bits per heavy atom. The van der Waals surface area contributed by atoms with Gasteiger partial charge in [0, 0.05) is 48.6 Å². The molecule has 3 rings (SSSR count). The summed E-state index contributed by atoms with van der Waals surface area (Å²) < 4.78 is 26.2. The van der Waals surface area contributed by atoms with E-state index in [1.54, 1.807) is 48.5 Å². The molecule has 7 nitrogen and oxygen atoms in total. The van der Waals surface area contributed by atoms with Crippen LogP contribution in [0, 0.1) is 0 Å². The highest BCUT2D eigenvalue weighted by Crippen LogP contribution is 2.28. The molecule has 0 radical (unpaired) electrons. The van der Waals surface area contributed by atoms with Crippen LogP contribution >= 0.6 is 23.2 Å². The van der Waals surface area contributed by atoms with E-state index >= 15 is 0 Å². The molecule has 0 aliphatic heterocycles. The van der Waals surface area contributed by atoms with E-state index in [4.69, 9.17) is 23.2 Å². The van der Waals surface area contributed by atoms with Gasteiger partial charge < -0.3 is 10.2 Å². The molecule has 10 heteroatoms. The van der Waals surface area contributed by atoms with Gasteiger partial charge in [-0.25, -0.2) is 8.42 Å². The van der Waals surface area contributed by atoms with Crippen LogP contribution < -0.4 is 9.62 Å². The van der Waals surface area contributed by atoms with Crippen LogP contribution in [0.3, 0.4) is 0 Å². The maximum Gasteiger partial charge on any atom is 0.242 e. The number of benzene rings is 3. The smallest absolute Gasteiger partial charge is 0.242 e. The number of carbonyl (C=O) groups is 2. The number of likely N-dealkylation sites (N-methyl/N-ethyl adjacent to an activating group) is 1. The highest BCUT2D eigenvalue weighted by molar-refractivity contribution is 7.92. The van der Waals surface area contributed by atoms with Crippen molar-refractivity contribution in [2.24, 2.45) is 0 Å². The van der Waals surface area contributed by atoms with Crippen molar-refractivity contribution in [3.8, 4) is 0 Å². The van der Waals surface area contributed by atoms with Crippen molar-refractivity contribution >= 4 is 50.7 Å². The second-order valence-corrected chi connectivity index (χ2v) is 11.5. The minimum Gasteiger partial charge on any atom is -0.357 e. The average Bonchev–Trinajstić information content (AvgIpc) is 2.90. The number of nitrogens with zero attached hydrogens (tertiary/aromatic N) is 2. The number of sulfonamides is 1. The standard InChI is InChI=1S/C28H31Cl2N3O4S/c1-31-28(35)26(19-21-11-5-3-6-12-21)32(20-23-24(29)15-9-16-25(23)30)27(34)17-10-18-33(38(2,36)37)22-13-7-4-8-14-22/h3-9,11-16,26H,10,17-20H2,1-2H3,(H,31,35)/t26-/m0/s1. The van der Waals surface area contributed by atoms with Crippen molar-refractivity contribution < 1.29 is 18.0 Å². The van der Waals surface area contributed by atoms with Crippen LogP contribution in [0.2, 0.25) is 10.0 Å². The van der Waals surface area contributed by atoms with Crippen molar-refractivity contribution in [2.45, 2.75) is 31.8 Å². The Hall–Kier alpha value is -3.07.